The summed E-state index contributed by atoms with van der Waals surface area (Å²) in [6.07, 6.45) is 8.38. The van der Waals surface area contributed by atoms with E-state index in [4.69, 9.17) is 27.9 Å². The van der Waals surface area contributed by atoms with Gasteiger partial charge in [0.05, 0.1) is 28.5 Å². The second kappa shape index (κ2) is 14.0. The molecule has 2 fully saturated rings. The van der Waals surface area contributed by atoms with Crippen LogP contribution < -0.4 is 15.5 Å². The van der Waals surface area contributed by atoms with E-state index in [0.717, 1.165) is 31.5 Å². The van der Waals surface area contributed by atoms with Crippen molar-refractivity contribution in [3.8, 4) is 0 Å². The third-order valence-corrected chi connectivity index (χ3v) is 8.17. The van der Waals surface area contributed by atoms with Gasteiger partial charge in [-0.1, -0.05) is 23.2 Å². The van der Waals surface area contributed by atoms with Crippen LogP contribution in [0.5, 0.6) is 0 Å². The number of nitrogens with zero attached hydrogens (tertiary/aromatic N) is 7. The number of benzene rings is 1. The van der Waals surface area contributed by atoms with Crippen LogP contribution in [-0.2, 0) is 4.74 Å². The van der Waals surface area contributed by atoms with E-state index in [9.17, 15) is 18.8 Å². The minimum atomic E-state index is -0.618. The number of hydrogen-bond donors (Lipinski definition) is 2. The van der Waals surface area contributed by atoms with Crippen LogP contribution in [0.15, 0.2) is 42.7 Å². The lowest BCUT2D eigenvalue weighted by Gasteiger charge is -2.27. The predicted octanol–water partition coefficient (Wildman–Crippen LogP) is 7.25. The highest BCUT2D eigenvalue weighted by molar-refractivity contribution is 6.31. The zero-order chi connectivity index (χ0) is 34.9. The first kappa shape index (κ1) is 34.1. The number of carbonyl (C=O) groups excluding carboxylic acids is 3. The Labute approximate surface area is 290 Å². The summed E-state index contributed by atoms with van der Waals surface area (Å²) in [5.41, 5.74) is 1.46. The van der Waals surface area contributed by atoms with Crippen molar-refractivity contribution in [2.45, 2.75) is 52.1 Å². The second-order valence-electron chi connectivity index (χ2n) is 13.0. The van der Waals surface area contributed by atoms with E-state index >= 15 is 0 Å². The van der Waals surface area contributed by atoms with Crippen molar-refractivity contribution in [1.82, 2.24) is 29.2 Å². The summed E-state index contributed by atoms with van der Waals surface area (Å²) >= 11 is 11.9. The van der Waals surface area contributed by atoms with Crippen LogP contribution in [0.1, 0.15) is 67.2 Å². The number of ether oxygens (including phenoxy) is 1. The van der Waals surface area contributed by atoms with E-state index in [1.165, 1.54) is 46.8 Å². The van der Waals surface area contributed by atoms with Gasteiger partial charge in [0, 0.05) is 30.9 Å². The fraction of sp³-hybridized carbons (Fsp3) is 0.364. The number of hydrogen-bond acceptors (Lipinski definition) is 10. The van der Waals surface area contributed by atoms with Crippen molar-refractivity contribution in [3.05, 3.63) is 69.8 Å². The molecule has 2 aliphatic carbocycles. The monoisotopic (exact) mass is 709 g/mol. The van der Waals surface area contributed by atoms with Gasteiger partial charge in [-0.15, -0.1) is 0 Å². The summed E-state index contributed by atoms with van der Waals surface area (Å²) in [4.78, 5) is 45.1. The number of halogens is 3. The van der Waals surface area contributed by atoms with Crippen LogP contribution in [0, 0.1) is 17.7 Å². The summed E-state index contributed by atoms with van der Waals surface area (Å²) < 4.78 is 21.9. The van der Waals surface area contributed by atoms with Gasteiger partial charge in [0.2, 0.25) is 0 Å². The normalized spacial score (nSPS) is 14.2. The van der Waals surface area contributed by atoms with E-state index in [1.807, 2.05) is 20.8 Å². The average molecular weight is 711 g/mol. The predicted molar refractivity (Wildman–Crippen MR) is 184 cm³/mol. The van der Waals surface area contributed by atoms with E-state index in [0.29, 0.717) is 64.4 Å². The van der Waals surface area contributed by atoms with Crippen molar-refractivity contribution in [1.29, 1.82) is 0 Å². The number of rotatable bonds is 10. The molecule has 5 aromatic rings. The molecule has 2 N–H and O–H groups in total. The van der Waals surface area contributed by atoms with Crippen LogP contribution in [0.2, 0.25) is 10.2 Å². The third kappa shape index (κ3) is 8.26. The van der Waals surface area contributed by atoms with Gasteiger partial charge in [0.15, 0.2) is 23.9 Å². The Morgan fingerprint density at radius 1 is 0.980 bits per heavy atom. The molecule has 13 nitrogen and oxygen atoms in total. The molecule has 0 aliphatic heterocycles. The van der Waals surface area contributed by atoms with Gasteiger partial charge in [0.1, 0.15) is 34.0 Å². The summed E-state index contributed by atoms with van der Waals surface area (Å²) in [6, 6.07) is 7.69. The molecule has 0 saturated heterocycles. The highest BCUT2D eigenvalue weighted by Crippen LogP contribution is 2.33. The molecule has 1 amide bonds. The number of nitrogens with one attached hydrogen (secondary N) is 2. The SMILES string of the molecule is CC(C)(C)OC(=O)N(CC1CC1)c1cc(Cl)nc2c(C=O)cnn12.O=Cc1cnn2c(NCC3CC3)cc(Nc3ccc(F)c(Cl)c3)nc12. The van der Waals surface area contributed by atoms with Gasteiger partial charge >= 0.3 is 6.09 Å². The molecule has 49 heavy (non-hydrogen) atoms. The van der Waals surface area contributed by atoms with Gasteiger partial charge in [-0.05, 0) is 76.5 Å². The zero-order valence-corrected chi connectivity index (χ0v) is 28.5. The van der Waals surface area contributed by atoms with Crippen LogP contribution in [0.25, 0.3) is 11.3 Å². The molecular formula is C33H34Cl2FN9O4. The number of anilines is 4. The Hall–Kier alpha value is -4.82. The maximum absolute atomic E-state index is 13.3. The molecular weight excluding hydrogens is 676 g/mol. The quantitative estimate of drug-likeness (QED) is 0.112. The molecule has 1 aromatic carbocycles. The largest absolute Gasteiger partial charge is 0.443 e. The van der Waals surface area contributed by atoms with Gasteiger partial charge in [-0.3, -0.25) is 14.5 Å². The molecule has 0 spiro atoms. The van der Waals surface area contributed by atoms with E-state index in [1.54, 1.807) is 22.7 Å². The molecule has 256 valence electrons. The molecule has 4 heterocycles. The minimum Gasteiger partial charge on any atom is -0.443 e. The first-order chi connectivity index (χ1) is 23.4. The molecule has 0 unspecified atom stereocenters. The molecule has 2 saturated carbocycles. The number of carbonyl (C=O) groups is 3. The molecule has 4 aromatic heterocycles. The first-order valence-electron chi connectivity index (χ1n) is 15.7. The maximum Gasteiger partial charge on any atom is 0.416 e. The van der Waals surface area contributed by atoms with Crippen LogP contribution in [0.3, 0.4) is 0 Å². The fourth-order valence-corrected chi connectivity index (χ4v) is 5.25. The smallest absolute Gasteiger partial charge is 0.416 e. The lowest BCUT2D eigenvalue weighted by molar-refractivity contribution is 0.0576. The standard InChI is InChI=1S/C17H15ClFN5O.C16H19ClN4O3/c18-13-5-12(3-4-14(13)19)22-15-6-16(20-7-10-1-2-10)24-17(23-15)11(9-25)8-21-24;1-16(2,3)24-15(23)20(8-10-4-5-10)13-6-12(17)19-14-11(9-22)7-18-21(13)14/h3-6,8-10,20H,1-2,7H2,(H,22,23);6-7,9-10H,4-5,8H2,1-3H3. The van der Waals surface area contributed by atoms with Crippen molar-refractivity contribution >= 4 is 76.3 Å². The number of aromatic nitrogens is 6. The Kier molecular flexibility index (Phi) is 9.70. The van der Waals surface area contributed by atoms with Gasteiger partial charge < -0.3 is 15.4 Å². The third-order valence-electron chi connectivity index (χ3n) is 7.69. The number of fused-ring (bicyclic) bond motifs is 2. The molecule has 7 rings (SSSR count). The van der Waals surface area contributed by atoms with Gasteiger partial charge in [0.25, 0.3) is 0 Å². The van der Waals surface area contributed by atoms with Crippen molar-refractivity contribution in [3.63, 3.8) is 0 Å². The topological polar surface area (TPSA) is 148 Å². The molecule has 16 heteroatoms. The maximum atomic E-state index is 13.3. The molecule has 0 radical (unpaired) electrons. The highest BCUT2D eigenvalue weighted by Gasteiger charge is 2.32. The Bertz CT molecular complexity index is 2040. The first-order valence-corrected chi connectivity index (χ1v) is 16.5. The molecule has 2 aliphatic rings. The summed E-state index contributed by atoms with van der Waals surface area (Å²) in [7, 11) is 0. The Morgan fingerprint density at radius 3 is 2.24 bits per heavy atom. The lowest BCUT2D eigenvalue weighted by atomic mass is 10.2. The van der Waals surface area contributed by atoms with Gasteiger partial charge in [-0.25, -0.2) is 19.2 Å². The van der Waals surface area contributed by atoms with E-state index < -0.39 is 17.5 Å². The highest BCUT2D eigenvalue weighted by atomic mass is 35.5. The molecule has 0 bridgehead atoms. The summed E-state index contributed by atoms with van der Waals surface area (Å²) in [5, 5.41) is 15.0. The van der Waals surface area contributed by atoms with Crippen LogP contribution in [-0.4, -0.2) is 66.6 Å². The summed E-state index contributed by atoms with van der Waals surface area (Å²) in [5.74, 6) is 2.32. The van der Waals surface area contributed by atoms with Gasteiger partial charge in [-0.2, -0.15) is 19.2 Å². The number of amides is 1. The van der Waals surface area contributed by atoms with Crippen molar-refractivity contribution in [2.75, 3.05) is 28.6 Å². The fourth-order valence-electron chi connectivity index (χ4n) is 4.89. The lowest BCUT2D eigenvalue weighted by Crippen LogP contribution is -2.39. The van der Waals surface area contributed by atoms with E-state index in [-0.39, 0.29) is 10.2 Å². The summed E-state index contributed by atoms with van der Waals surface area (Å²) in [6.45, 7) is 6.80. The van der Waals surface area contributed by atoms with Crippen molar-refractivity contribution < 1.29 is 23.5 Å². The van der Waals surface area contributed by atoms with Crippen LogP contribution in [0.4, 0.5) is 32.3 Å². The zero-order valence-electron chi connectivity index (χ0n) is 27.0. The average Bonchev–Trinajstić information content (AvgIpc) is 3.98. The number of aldehydes is 2. The van der Waals surface area contributed by atoms with E-state index in [2.05, 4.69) is 30.8 Å². The molecule has 0 atom stereocenters. The van der Waals surface area contributed by atoms with Crippen molar-refractivity contribution in [2.24, 2.45) is 11.8 Å². The second-order valence-corrected chi connectivity index (χ2v) is 13.8. The van der Waals surface area contributed by atoms with Crippen LogP contribution >= 0.6 is 23.2 Å². The Balaban J connectivity index is 0.000000170. The minimum absolute atomic E-state index is 0.0242. The Morgan fingerprint density at radius 2 is 1.63 bits per heavy atom.